The van der Waals surface area contributed by atoms with E-state index in [1.807, 2.05) is 0 Å². The molecule has 1 saturated carbocycles. The zero-order valence-corrected chi connectivity index (χ0v) is 7.68. The van der Waals surface area contributed by atoms with E-state index in [2.05, 4.69) is 0 Å². The maximum Gasteiger partial charge on any atom is 0.389 e. The Hall–Kier alpha value is -0.740. The second kappa shape index (κ2) is 4.19. The molecule has 1 rings (SSSR count). The number of aliphatic carboxylic acids is 1. The number of rotatable bonds is 3. The maximum absolute atomic E-state index is 12.1. The van der Waals surface area contributed by atoms with E-state index < -0.39 is 24.5 Å². The molecule has 82 valence electrons. The van der Waals surface area contributed by atoms with Gasteiger partial charge in [-0.25, -0.2) is 0 Å². The van der Waals surface area contributed by atoms with Crippen LogP contribution in [0.4, 0.5) is 13.2 Å². The molecule has 0 saturated heterocycles. The van der Waals surface area contributed by atoms with Crippen LogP contribution in [0, 0.1) is 11.8 Å². The minimum atomic E-state index is -4.37. The molecule has 14 heavy (non-hydrogen) atoms. The van der Waals surface area contributed by atoms with Gasteiger partial charge in [0.1, 0.15) is 0 Å². The van der Waals surface area contributed by atoms with Gasteiger partial charge in [0, 0.05) is 0 Å². The molecule has 1 N–H and O–H groups in total. The van der Waals surface area contributed by atoms with Crippen LogP contribution in [-0.4, -0.2) is 17.3 Å². The lowest BCUT2D eigenvalue weighted by molar-refractivity contribution is -0.167. The molecule has 1 atom stereocenters. The van der Waals surface area contributed by atoms with Crippen molar-refractivity contribution in [3.63, 3.8) is 0 Å². The van der Waals surface area contributed by atoms with E-state index in [9.17, 15) is 18.0 Å². The number of halogens is 3. The number of hydrogen-bond donors (Lipinski definition) is 1. The standard InChI is InChI=1S/C9H13F3O2/c10-9(11,12)5-7(8(13)14)6-3-1-2-4-6/h6-7H,1-5H2,(H,13,14)/t7-/m1/s1. The van der Waals surface area contributed by atoms with Crippen LogP contribution in [0.5, 0.6) is 0 Å². The van der Waals surface area contributed by atoms with Crippen LogP contribution in [0.1, 0.15) is 32.1 Å². The van der Waals surface area contributed by atoms with Crippen molar-refractivity contribution in [2.24, 2.45) is 11.8 Å². The smallest absolute Gasteiger partial charge is 0.389 e. The summed E-state index contributed by atoms with van der Waals surface area (Å²) in [5.74, 6) is -2.83. The molecule has 0 heterocycles. The fourth-order valence-electron chi connectivity index (χ4n) is 2.06. The molecule has 5 heteroatoms. The summed E-state index contributed by atoms with van der Waals surface area (Å²) in [4.78, 5) is 10.7. The lowest BCUT2D eigenvalue weighted by Gasteiger charge is -2.20. The minimum Gasteiger partial charge on any atom is -0.481 e. The summed E-state index contributed by atoms with van der Waals surface area (Å²) in [6.07, 6.45) is -2.61. The van der Waals surface area contributed by atoms with Crippen molar-refractivity contribution in [3.05, 3.63) is 0 Å². The molecule has 0 aromatic carbocycles. The number of alkyl halides is 3. The van der Waals surface area contributed by atoms with Crippen molar-refractivity contribution in [3.8, 4) is 0 Å². The van der Waals surface area contributed by atoms with Crippen molar-refractivity contribution >= 4 is 5.97 Å². The first kappa shape index (κ1) is 11.3. The van der Waals surface area contributed by atoms with E-state index in [-0.39, 0.29) is 5.92 Å². The second-order valence-corrected chi connectivity index (χ2v) is 3.81. The molecule has 0 unspecified atom stereocenters. The number of carboxylic acid groups (broad SMARTS) is 1. The van der Waals surface area contributed by atoms with Crippen LogP contribution < -0.4 is 0 Å². The first-order valence-electron chi connectivity index (χ1n) is 4.69. The van der Waals surface area contributed by atoms with Gasteiger partial charge in [-0.05, 0) is 18.8 Å². The number of hydrogen-bond acceptors (Lipinski definition) is 1. The normalized spacial score (nSPS) is 21.1. The Kier molecular flexibility index (Phi) is 3.39. The van der Waals surface area contributed by atoms with Gasteiger partial charge in [0.05, 0.1) is 12.3 Å². The lowest BCUT2D eigenvalue weighted by atomic mass is 9.88. The Morgan fingerprint density at radius 2 is 1.86 bits per heavy atom. The van der Waals surface area contributed by atoms with E-state index in [0.29, 0.717) is 12.8 Å². The monoisotopic (exact) mass is 210 g/mol. The SMILES string of the molecule is O=C(O)[C@H](CC(F)(F)F)C1CCCC1. The van der Waals surface area contributed by atoms with Gasteiger partial charge in [-0.15, -0.1) is 0 Å². The summed E-state index contributed by atoms with van der Waals surface area (Å²) >= 11 is 0. The van der Waals surface area contributed by atoms with Crippen molar-refractivity contribution < 1.29 is 23.1 Å². The predicted octanol–water partition coefficient (Wildman–Crippen LogP) is 2.83. The average molecular weight is 210 g/mol. The van der Waals surface area contributed by atoms with E-state index in [1.165, 1.54) is 0 Å². The summed E-state index contributed by atoms with van der Waals surface area (Å²) < 4.78 is 36.2. The molecule has 0 bridgehead atoms. The molecule has 0 aliphatic heterocycles. The van der Waals surface area contributed by atoms with Crippen LogP contribution in [0.15, 0.2) is 0 Å². The summed E-state index contributed by atoms with van der Waals surface area (Å²) in [5.41, 5.74) is 0. The summed E-state index contributed by atoms with van der Waals surface area (Å²) in [6.45, 7) is 0. The number of carbonyl (C=O) groups is 1. The van der Waals surface area contributed by atoms with Gasteiger partial charge in [-0.3, -0.25) is 4.79 Å². The quantitative estimate of drug-likeness (QED) is 0.777. The molecule has 1 aliphatic carbocycles. The van der Waals surface area contributed by atoms with Gasteiger partial charge in [-0.1, -0.05) is 12.8 Å². The van der Waals surface area contributed by atoms with Gasteiger partial charge >= 0.3 is 12.1 Å². The molecule has 1 aliphatic rings. The first-order chi connectivity index (χ1) is 6.40. The molecule has 0 radical (unpaired) electrons. The third-order valence-electron chi connectivity index (χ3n) is 2.74. The molecule has 2 nitrogen and oxygen atoms in total. The van der Waals surface area contributed by atoms with Crippen LogP contribution in [0.2, 0.25) is 0 Å². The van der Waals surface area contributed by atoms with Crippen LogP contribution in [-0.2, 0) is 4.79 Å². The fourth-order valence-corrected chi connectivity index (χ4v) is 2.06. The zero-order valence-electron chi connectivity index (χ0n) is 7.68. The third kappa shape index (κ3) is 3.20. The Bertz CT molecular complexity index is 207. The highest BCUT2D eigenvalue weighted by Gasteiger charge is 2.40. The Balaban J connectivity index is 2.59. The molecular weight excluding hydrogens is 197 g/mol. The molecule has 0 amide bonds. The molecule has 1 fully saturated rings. The summed E-state index contributed by atoms with van der Waals surface area (Å²) in [5, 5.41) is 8.70. The topological polar surface area (TPSA) is 37.3 Å². The minimum absolute atomic E-state index is 0.283. The molecule has 0 spiro atoms. The molecule has 0 aromatic rings. The van der Waals surface area contributed by atoms with E-state index in [1.54, 1.807) is 0 Å². The maximum atomic E-state index is 12.1. The summed E-state index contributed by atoms with van der Waals surface area (Å²) in [6, 6.07) is 0. The van der Waals surface area contributed by atoms with Crippen molar-refractivity contribution in [2.75, 3.05) is 0 Å². The van der Waals surface area contributed by atoms with Crippen molar-refractivity contribution in [2.45, 2.75) is 38.3 Å². The predicted molar refractivity (Wildman–Crippen MR) is 43.8 cm³/mol. The van der Waals surface area contributed by atoms with Gasteiger partial charge in [0.25, 0.3) is 0 Å². The van der Waals surface area contributed by atoms with Crippen LogP contribution in [0.25, 0.3) is 0 Å². The average Bonchev–Trinajstić information content (AvgIpc) is 2.49. The second-order valence-electron chi connectivity index (χ2n) is 3.81. The molecular formula is C9H13F3O2. The van der Waals surface area contributed by atoms with Gasteiger partial charge in [-0.2, -0.15) is 13.2 Å². The lowest BCUT2D eigenvalue weighted by Crippen LogP contribution is -2.27. The highest BCUT2D eigenvalue weighted by Crippen LogP contribution is 2.37. The van der Waals surface area contributed by atoms with Crippen molar-refractivity contribution in [1.29, 1.82) is 0 Å². The highest BCUT2D eigenvalue weighted by molar-refractivity contribution is 5.70. The van der Waals surface area contributed by atoms with Crippen LogP contribution in [0.3, 0.4) is 0 Å². The summed E-state index contributed by atoms with van der Waals surface area (Å²) in [7, 11) is 0. The Labute approximate surface area is 80.1 Å². The third-order valence-corrected chi connectivity index (χ3v) is 2.74. The Morgan fingerprint density at radius 1 is 1.36 bits per heavy atom. The highest BCUT2D eigenvalue weighted by atomic mass is 19.4. The van der Waals surface area contributed by atoms with Gasteiger partial charge < -0.3 is 5.11 Å². The van der Waals surface area contributed by atoms with Gasteiger partial charge in [0.2, 0.25) is 0 Å². The zero-order chi connectivity index (χ0) is 10.8. The molecule has 0 aromatic heterocycles. The first-order valence-corrected chi connectivity index (χ1v) is 4.69. The largest absolute Gasteiger partial charge is 0.481 e. The number of carboxylic acids is 1. The van der Waals surface area contributed by atoms with Crippen molar-refractivity contribution in [1.82, 2.24) is 0 Å². The Morgan fingerprint density at radius 3 is 2.21 bits per heavy atom. The fraction of sp³-hybridized carbons (Fsp3) is 0.889. The van der Waals surface area contributed by atoms with Gasteiger partial charge in [0.15, 0.2) is 0 Å². The van der Waals surface area contributed by atoms with E-state index >= 15 is 0 Å². The van der Waals surface area contributed by atoms with Crippen LogP contribution >= 0.6 is 0 Å². The van der Waals surface area contributed by atoms with E-state index in [4.69, 9.17) is 5.11 Å². The van der Waals surface area contributed by atoms with E-state index in [0.717, 1.165) is 12.8 Å².